The van der Waals surface area contributed by atoms with Crippen LogP contribution in [0.25, 0.3) is 0 Å². The first-order valence-electron chi connectivity index (χ1n) is 7.01. The zero-order chi connectivity index (χ0) is 14.4. The number of hydrogen-bond acceptors (Lipinski definition) is 4. The summed E-state index contributed by atoms with van der Waals surface area (Å²) in [5, 5.41) is 2.91. The van der Waals surface area contributed by atoms with Crippen LogP contribution >= 0.6 is 0 Å². The van der Waals surface area contributed by atoms with Gasteiger partial charge in [-0.2, -0.15) is 0 Å². The number of rotatable bonds is 5. The van der Waals surface area contributed by atoms with Gasteiger partial charge in [-0.25, -0.2) is 0 Å². The normalized spacial score (nSPS) is 17.5. The lowest BCUT2D eigenvalue weighted by Gasteiger charge is -2.31. The number of amides is 1. The summed E-state index contributed by atoms with van der Waals surface area (Å²) in [5.41, 5.74) is 6.29. The molecule has 110 valence electrons. The summed E-state index contributed by atoms with van der Waals surface area (Å²) in [6.45, 7) is 4.04. The highest BCUT2D eigenvalue weighted by atomic mass is 16.5. The molecule has 20 heavy (non-hydrogen) atoms. The van der Waals surface area contributed by atoms with Crippen LogP contribution in [0.5, 0.6) is 5.75 Å². The number of carbonyl (C=O) groups is 1. The van der Waals surface area contributed by atoms with Crippen molar-refractivity contribution in [2.24, 2.45) is 5.73 Å². The fourth-order valence-corrected chi connectivity index (χ4v) is 2.26. The van der Waals surface area contributed by atoms with Gasteiger partial charge < -0.3 is 20.5 Å². The lowest BCUT2D eigenvalue weighted by atomic mass is 9.90. The standard InChI is InChI=1S/C15H22N2O3/c1-2-20-13-6-4-3-5-12(13)11-17-14(18)15(16)7-9-19-10-8-15/h3-6H,2,7-11,16H2,1H3,(H,17,18). The van der Waals surface area contributed by atoms with E-state index in [1.54, 1.807) is 0 Å². The van der Waals surface area contributed by atoms with Crippen molar-refractivity contribution in [3.63, 3.8) is 0 Å². The molecule has 0 saturated carbocycles. The van der Waals surface area contributed by atoms with E-state index in [2.05, 4.69) is 5.32 Å². The van der Waals surface area contributed by atoms with Crippen molar-refractivity contribution in [2.45, 2.75) is 31.8 Å². The van der Waals surface area contributed by atoms with E-state index in [4.69, 9.17) is 15.2 Å². The van der Waals surface area contributed by atoms with Crippen LogP contribution in [-0.2, 0) is 16.1 Å². The van der Waals surface area contributed by atoms with Crippen molar-refractivity contribution in [3.05, 3.63) is 29.8 Å². The van der Waals surface area contributed by atoms with Crippen molar-refractivity contribution < 1.29 is 14.3 Å². The van der Waals surface area contributed by atoms with Crippen LogP contribution < -0.4 is 15.8 Å². The Morgan fingerprint density at radius 3 is 2.80 bits per heavy atom. The Balaban J connectivity index is 1.96. The molecule has 0 bridgehead atoms. The molecule has 1 saturated heterocycles. The third-order valence-corrected chi connectivity index (χ3v) is 3.55. The van der Waals surface area contributed by atoms with Gasteiger partial charge in [0.25, 0.3) is 0 Å². The zero-order valence-corrected chi connectivity index (χ0v) is 11.9. The summed E-state index contributed by atoms with van der Waals surface area (Å²) < 4.78 is 10.8. The highest BCUT2D eigenvalue weighted by Crippen LogP contribution is 2.20. The Hall–Kier alpha value is -1.59. The first-order valence-corrected chi connectivity index (χ1v) is 7.01. The van der Waals surface area contributed by atoms with E-state index in [9.17, 15) is 4.79 Å². The number of benzene rings is 1. The molecule has 2 rings (SSSR count). The number of ether oxygens (including phenoxy) is 2. The molecule has 1 aliphatic heterocycles. The summed E-state index contributed by atoms with van der Waals surface area (Å²) in [5.74, 6) is 0.681. The SMILES string of the molecule is CCOc1ccccc1CNC(=O)C1(N)CCOCC1. The lowest BCUT2D eigenvalue weighted by molar-refractivity contribution is -0.129. The second-order valence-electron chi connectivity index (χ2n) is 4.99. The van der Waals surface area contributed by atoms with Crippen molar-refractivity contribution in [1.82, 2.24) is 5.32 Å². The van der Waals surface area contributed by atoms with Crippen molar-refractivity contribution in [3.8, 4) is 5.75 Å². The highest BCUT2D eigenvalue weighted by Gasteiger charge is 2.35. The number of hydrogen-bond donors (Lipinski definition) is 2. The summed E-state index contributed by atoms with van der Waals surface area (Å²) >= 11 is 0. The molecule has 1 aromatic carbocycles. The molecule has 3 N–H and O–H groups in total. The van der Waals surface area contributed by atoms with Crippen LogP contribution in [0.2, 0.25) is 0 Å². The van der Waals surface area contributed by atoms with E-state index in [1.165, 1.54) is 0 Å². The van der Waals surface area contributed by atoms with Crippen molar-refractivity contribution in [2.75, 3.05) is 19.8 Å². The van der Waals surface area contributed by atoms with Gasteiger partial charge in [0.2, 0.25) is 5.91 Å². The van der Waals surface area contributed by atoms with Gasteiger partial charge in [0.05, 0.1) is 12.1 Å². The van der Waals surface area contributed by atoms with Gasteiger partial charge in [0.15, 0.2) is 0 Å². The van der Waals surface area contributed by atoms with E-state index in [0.717, 1.165) is 11.3 Å². The minimum Gasteiger partial charge on any atom is -0.494 e. The average Bonchev–Trinajstić information content (AvgIpc) is 2.47. The molecule has 1 heterocycles. The summed E-state index contributed by atoms with van der Waals surface area (Å²) in [7, 11) is 0. The first kappa shape index (κ1) is 14.8. The number of para-hydroxylation sites is 1. The average molecular weight is 278 g/mol. The molecule has 5 nitrogen and oxygen atoms in total. The van der Waals surface area contributed by atoms with Gasteiger partial charge >= 0.3 is 0 Å². The second kappa shape index (κ2) is 6.72. The summed E-state index contributed by atoms with van der Waals surface area (Å²) in [6, 6.07) is 7.69. The predicted octanol–water partition coefficient (Wildman–Crippen LogP) is 1.21. The fourth-order valence-electron chi connectivity index (χ4n) is 2.26. The molecule has 0 unspecified atom stereocenters. The van der Waals surface area contributed by atoms with Gasteiger partial charge in [-0.15, -0.1) is 0 Å². The molecular formula is C15H22N2O3. The Kier molecular flexibility index (Phi) is 4.98. The molecule has 0 aromatic heterocycles. The van der Waals surface area contributed by atoms with Crippen LogP contribution in [0.4, 0.5) is 0 Å². The van der Waals surface area contributed by atoms with E-state index >= 15 is 0 Å². The Morgan fingerprint density at radius 2 is 2.10 bits per heavy atom. The minimum atomic E-state index is -0.807. The summed E-state index contributed by atoms with van der Waals surface area (Å²) in [4.78, 5) is 12.2. The van der Waals surface area contributed by atoms with Crippen LogP contribution in [0.3, 0.4) is 0 Å². The molecule has 1 aromatic rings. The fraction of sp³-hybridized carbons (Fsp3) is 0.533. The molecule has 1 aliphatic rings. The molecule has 0 atom stereocenters. The Labute approximate surface area is 119 Å². The maximum Gasteiger partial charge on any atom is 0.240 e. The van der Waals surface area contributed by atoms with Gasteiger partial charge in [-0.3, -0.25) is 4.79 Å². The number of nitrogens with two attached hydrogens (primary N) is 1. The van der Waals surface area contributed by atoms with Gasteiger partial charge in [0.1, 0.15) is 5.75 Å². The lowest BCUT2D eigenvalue weighted by Crippen LogP contribution is -2.56. The van der Waals surface area contributed by atoms with E-state index in [-0.39, 0.29) is 5.91 Å². The summed E-state index contributed by atoms with van der Waals surface area (Å²) in [6.07, 6.45) is 1.12. The monoisotopic (exact) mass is 278 g/mol. The van der Waals surface area contributed by atoms with E-state index < -0.39 is 5.54 Å². The molecule has 0 aliphatic carbocycles. The molecule has 5 heteroatoms. The number of nitrogens with one attached hydrogen (secondary N) is 1. The van der Waals surface area contributed by atoms with Crippen LogP contribution in [0.1, 0.15) is 25.3 Å². The zero-order valence-electron chi connectivity index (χ0n) is 11.9. The maximum atomic E-state index is 12.2. The quantitative estimate of drug-likeness (QED) is 0.849. The molecule has 0 spiro atoms. The van der Waals surface area contributed by atoms with Gasteiger partial charge in [-0.1, -0.05) is 18.2 Å². The second-order valence-corrected chi connectivity index (χ2v) is 4.99. The predicted molar refractivity (Wildman–Crippen MR) is 76.4 cm³/mol. The van der Waals surface area contributed by atoms with Crippen molar-refractivity contribution in [1.29, 1.82) is 0 Å². The van der Waals surface area contributed by atoms with Crippen LogP contribution in [0.15, 0.2) is 24.3 Å². The van der Waals surface area contributed by atoms with Crippen molar-refractivity contribution >= 4 is 5.91 Å². The molecule has 1 amide bonds. The van der Waals surface area contributed by atoms with Crippen LogP contribution in [0, 0.1) is 0 Å². The minimum absolute atomic E-state index is 0.118. The number of carbonyl (C=O) groups excluding carboxylic acids is 1. The third kappa shape index (κ3) is 3.49. The van der Waals surface area contributed by atoms with Gasteiger partial charge in [-0.05, 0) is 25.8 Å². The van der Waals surface area contributed by atoms with Crippen LogP contribution in [-0.4, -0.2) is 31.3 Å². The largest absolute Gasteiger partial charge is 0.494 e. The maximum absolute atomic E-state index is 12.2. The molecule has 0 radical (unpaired) electrons. The third-order valence-electron chi connectivity index (χ3n) is 3.55. The first-order chi connectivity index (χ1) is 9.65. The smallest absolute Gasteiger partial charge is 0.240 e. The highest BCUT2D eigenvalue weighted by molar-refractivity contribution is 5.86. The van der Waals surface area contributed by atoms with E-state index in [0.29, 0.717) is 39.2 Å². The molecular weight excluding hydrogens is 256 g/mol. The topological polar surface area (TPSA) is 73.6 Å². The Bertz CT molecular complexity index is 456. The van der Waals surface area contributed by atoms with E-state index in [1.807, 2.05) is 31.2 Å². The van der Waals surface area contributed by atoms with Gasteiger partial charge in [0, 0.05) is 25.3 Å². The molecule has 1 fully saturated rings. The Morgan fingerprint density at radius 1 is 1.40 bits per heavy atom.